The van der Waals surface area contributed by atoms with Crippen molar-refractivity contribution in [2.75, 3.05) is 18.9 Å². The standard InChI is InChI=1S/C21H21N3O3S/c1-15-12-19(23-27-15)22-20(25)13-24(2)21(26)17-8-10-18(11-9-17)28-14-16-6-4-3-5-7-16/h3-12H,13-14H2,1-2H3,(H,22,23,25). The molecule has 7 heteroatoms. The van der Waals surface area contributed by atoms with Crippen LogP contribution in [0.5, 0.6) is 0 Å². The summed E-state index contributed by atoms with van der Waals surface area (Å²) >= 11 is 1.71. The normalized spacial score (nSPS) is 10.5. The van der Waals surface area contributed by atoms with Crippen LogP contribution in [0.2, 0.25) is 0 Å². The molecule has 144 valence electrons. The fraction of sp³-hybridized carbons (Fsp3) is 0.190. The molecule has 0 aliphatic heterocycles. The van der Waals surface area contributed by atoms with Gasteiger partial charge < -0.3 is 14.7 Å². The number of likely N-dealkylation sites (N-methyl/N-ethyl adjacent to an activating group) is 1. The number of nitrogens with zero attached hydrogens (tertiary/aromatic N) is 2. The summed E-state index contributed by atoms with van der Waals surface area (Å²) in [6.07, 6.45) is 0. The summed E-state index contributed by atoms with van der Waals surface area (Å²) in [5.41, 5.74) is 1.79. The van der Waals surface area contributed by atoms with E-state index in [9.17, 15) is 9.59 Å². The molecule has 3 rings (SSSR count). The molecule has 0 fully saturated rings. The second-order valence-corrected chi connectivity index (χ2v) is 7.38. The lowest BCUT2D eigenvalue weighted by molar-refractivity contribution is -0.116. The summed E-state index contributed by atoms with van der Waals surface area (Å²) in [5.74, 6) is 1.26. The quantitative estimate of drug-likeness (QED) is 0.612. The van der Waals surface area contributed by atoms with Crippen LogP contribution < -0.4 is 5.32 Å². The Balaban J connectivity index is 1.52. The van der Waals surface area contributed by atoms with Crippen molar-refractivity contribution >= 4 is 29.4 Å². The van der Waals surface area contributed by atoms with Crippen molar-refractivity contribution in [3.05, 3.63) is 77.6 Å². The van der Waals surface area contributed by atoms with Gasteiger partial charge in [0.15, 0.2) is 5.82 Å². The van der Waals surface area contributed by atoms with E-state index in [-0.39, 0.29) is 18.4 Å². The lowest BCUT2D eigenvalue weighted by Gasteiger charge is -2.16. The van der Waals surface area contributed by atoms with Crippen LogP contribution in [0.15, 0.2) is 70.1 Å². The van der Waals surface area contributed by atoms with Gasteiger partial charge in [0, 0.05) is 29.3 Å². The highest BCUT2D eigenvalue weighted by atomic mass is 32.2. The molecular formula is C21H21N3O3S. The van der Waals surface area contributed by atoms with Gasteiger partial charge in [-0.15, -0.1) is 11.8 Å². The zero-order valence-corrected chi connectivity index (χ0v) is 16.5. The fourth-order valence-corrected chi connectivity index (χ4v) is 3.40. The van der Waals surface area contributed by atoms with Gasteiger partial charge in [0.2, 0.25) is 5.91 Å². The van der Waals surface area contributed by atoms with Crippen LogP contribution in [0.1, 0.15) is 21.7 Å². The molecule has 6 nitrogen and oxygen atoms in total. The first-order chi connectivity index (χ1) is 13.5. The Morgan fingerprint density at radius 2 is 1.82 bits per heavy atom. The molecule has 0 bridgehead atoms. The average molecular weight is 395 g/mol. The van der Waals surface area contributed by atoms with E-state index in [4.69, 9.17) is 4.52 Å². The molecule has 2 amide bonds. The van der Waals surface area contributed by atoms with Gasteiger partial charge in [0.1, 0.15) is 5.76 Å². The van der Waals surface area contributed by atoms with Gasteiger partial charge in [-0.1, -0.05) is 35.5 Å². The summed E-state index contributed by atoms with van der Waals surface area (Å²) in [4.78, 5) is 27.0. The predicted octanol–water partition coefficient (Wildman–Crippen LogP) is 3.99. The third-order valence-electron chi connectivity index (χ3n) is 3.97. The molecule has 1 heterocycles. The SMILES string of the molecule is Cc1cc(NC(=O)CN(C)C(=O)c2ccc(SCc3ccccc3)cc2)no1. The van der Waals surface area contributed by atoms with E-state index in [1.54, 1.807) is 43.9 Å². The summed E-state index contributed by atoms with van der Waals surface area (Å²) in [7, 11) is 1.59. The van der Waals surface area contributed by atoms with Crippen molar-refractivity contribution in [2.24, 2.45) is 0 Å². The highest BCUT2D eigenvalue weighted by molar-refractivity contribution is 7.98. The minimum absolute atomic E-state index is 0.0742. The van der Waals surface area contributed by atoms with Crippen LogP contribution >= 0.6 is 11.8 Å². The highest BCUT2D eigenvalue weighted by Gasteiger charge is 2.16. The van der Waals surface area contributed by atoms with Gasteiger partial charge in [0.05, 0.1) is 6.54 Å². The molecule has 0 radical (unpaired) electrons. The highest BCUT2D eigenvalue weighted by Crippen LogP contribution is 2.23. The first-order valence-corrected chi connectivity index (χ1v) is 9.75. The third kappa shape index (κ3) is 5.47. The second-order valence-electron chi connectivity index (χ2n) is 6.33. The number of thioether (sulfide) groups is 1. The van der Waals surface area contributed by atoms with E-state index >= 15 is 0 Å². The molecule has 28 heavy (non-hydrogen) atoms. The molecule has 0 aliphatic rings. The molecule has 0 saturated heterocycles. The smallest absolute Gasteiger partial charge is 0.254 e. The first kappa shape index (κ1) is 19.7. The van der Waals surface area contributed by atoms with Crippen LogP contribution in [-0.2, 0) is 10.5 Å². The van der Waals surface area contributed by atoms with Crippen LogP contribution in [-0.4, -0.2) is 35.5 Å². The Morgan fingerprint density at radius 1 is 1.11 bits per heavy atom. The number of nitrogens with one attached hydrogen (secondary N) is 1. The van der Waals surface area contributed by atoms with Crippen molar-refractivity contribution in [3.63, 3.8) is 0 Å². The molecule has 2 aromatic carbocycles. The van der Waals surface area contributed by atoms with Gasteiger partial charge in [0.25, 0.3) is 5.91 Å². The van der Waals surface area contributed by atoms with E-state index in [0.717, 1.165) is 10.6 Å². The Labute approximate surface area is 167 Å². The summed E-state index contributed by atoms with van der Waals surface area (Å²) in [6, 6.07) is 19.2. The van der Waals surface area contributed by atoms with Crippen LogP contribution in [0.4, 0.5) is 5.82 Å². The number of benzene rings is 2. The molecule has 0 aliphatic carbocycles. The Bertz CT molecular complexity index is 939. The summed E-state index contributed by atoms with van der Waals surface area (Å²) in [6.45, 7) is 1.66. The maximum atomic E-state index is 12.5. The number of hydrogen-bond donors (Lipinski definition) is 1. The summed E-state index contributed by atoms with van der Waals surface area (Å²) < 4.78 is 4.90. The van der Waals surface area contributed by atoms with E-state index in [1.165, 1.54) is 10.5 Å². The van der Waals surface area contributed by atoms with Gasteiger partial charge in [-0.3, -0.25) is 9.59 Å². The van der Waals surface area contributed by atoms with E-state index in [1.807, 2.05) is 30.3 Å². The van der Waals surface area contributed by atoms with Crippen molar-refractivity contribution in [1.29, 1.82) is 0 Å². The van der Waals surface area contributed by atoms with E-state index in [2.05, 4.69) is 22.6 Å². The molecule has 3 aromatic rings. The first-order valence-electron chi connectivity index (χ1n) is 8.76. The van der Waals surface area contributed by atoms with Crippen molar-refractivity contribution in [3.8, 4) is 0 Å². The zero-order chi connectivity index (χ0) is 19.9. The molecular weight excluding hydrogens is 374 g/mol. The van der Waals surface area contributed by atoms with E-state index < -0.39 is 0 Å². The van der Waals surface area contributed by atoms with Crippen LogP contribution in [0, 0.1) is 6.92 Å². The number of carbonyl (C=O) groups excluding carboxylic acids is 2. The van der Waals surface area contributed by atoms with Crippen molar-refractivity contribution < 1.29 is 14.1 Å². The molecule has 0 saturated carbocycles. The number of carbonyl (C=O) groups is 2. The number of aromatic nitrogens is 1. The molecule has 0 spiro atoms. The lowest BCUT2D eigenvalue weighted by Crippen LogP contribution is -2.34. The van der Waals surface area contributed by atoms with E-state index in [0.29, 0.717) is 17.1 Å². The van der Waals surface area contributed by atoms with Crippen LogP contribution in [0.25, 0.3) is 0 Å². The number of aryl methyl sites for hydroxylation is 1. The minimum atomic E-state index is -0.334. The largest absolute Gasteiger partial charge is 0.360 e. The average Bonchev–Trinajstić information content (AvgIpc) is 3.11. The second kappa shape index (κ2) is 9.23. The fourth-order valence-electron chi connectivity index (χ4n) is 2.55. The van der Waals surface area contributed by atoms with Crippen molar-refractivity contribution in [1.82, 2.24) is 10.1 Å². The lowest BCUT2D eigenvalue weighted by atomic mass is 10.2. The Kier molecular flexibility index (Phi) is 6.49. The number of hydrogen-bond acceptors (Lipinski definition) is 5. The van der Waals surface area contributed by atoms with Gasteiger partial charge in [-0.05, 0) is 36.8 Å². The van der Waals surface area contributed by atoms with Crippen molar-refractivity contribution in [2.45, 2.75) is 17.6 Å². The summed E-state index contributed by atoms with van der Waals surface area (Å²) in [5, 5.41) is 6.30. The maximum absolute atomic E-state index is 12.5. The number of rotatable bonds is 7. The minimum Gasteiger partial charge on any atom is -0.360 e. The molecule has 1 aromatic heterocycles. The molecule has 0 atom stereocenters. The van der Waals surface area contributed by atoms with Gasteiger partial charge in [-0.25, -0.2) is 0 Å². The van der Waals surface area contributed by atoms with Gasteiger partial charge >= 0.3 is 0 Å². The molecule has 1 N–H and O–H groups in total. The maximum Gasteiger partial charge on any atom is 0.254 e. The van der Waals surface area contributed by atoms with Crippen LogP contribution in [0.3, 0.4) is 0 Å². The number of anilines is 1. The zero-order valence-electron chi connectivity index (χ0n) is 15.7. The predicted molar refractivity (Wildman–Crippen MR) is 109 cm³/mol. The Morgan fingerprint density at radius 3 is 2.46 bits per heavy atom. The monoisotopic (exact) mass is 395 g/mol. The van der Waals surface area contributed by atoms with Gasteiger partial charge in [-0.2, -0.15) is 0 Å². The topological polar surface area (TPSA) is 75.4 Å². The third-order valence-corrected chi connectivity index (χ3v) is 5.06. The number of amides is 2. The molecule has 0 unspecified atom stereocenters. The Hall–Kier alpha value is -3.06.